The van der Waals surface area contributed by atoms with E-state index >= 15 is 0 Å². The molecule has 1 aliphatic rings. The van der Waals surface area contributed by atoms with Crippen molar-refractivity contribution in [2.24, 2.45) is 0 Å². The summed E-state index contributed by atoms with van der Waals surface area (Å²) >= 11 is 0. The first-order chi connectivity index (χ1) is 9.29. The van der Waals surface area contributed by atoms with Crippen molar-refractivity contribution < 1.29 is 17.2 Å². The summed E-state index contributed by atoms with van der Waals surface area (Å²) in [7, 11) is -3.85. The Hall–Kier alpha value is -1.05. The minimum Gasteiger partial charge on any atom is -0.310 e. The van der Waals surface area contributed by atoms with Gasteiger partial charge in [-0.1, -0.05) is 0 Å². The van der Waals surface area contributed by atoms with Gasteiger partial charge in [-0.3, -0.25) is 0 Å². The van der Waals surface area contributed by atoms with Gasteiger partial charge >= 0.3 is 0 Å². The third kappa shape index (κ3) is 3.34. The van der Waals surface area contributed by atoms with Gasteiger partial charge < -0.3 is 5.32 Å². The first kappa shape index (κ1) is 15.3. The predicted octanol–water partition coefficient (Wildman–Crippen LogP) is 1.77. The van der Waals surface area contributed by atoms with E-state index in [0.717, 1.165) is 18.6 Å². The van der Waals surface area contributed by atoms with E-state index in [1.54, 1.807) is 0 Å². The van der Waals surface area contributed by atoms with Gasteiger partial charge in [0.05, 0.1) is 4.90 Å². The zero-order valence-electron chi connectivity index (χ0n) is 11.4. The highest BCUT2D eigenvalue weighted by atomic mass is 32.2. The van der Waals surface area contributed by atoms with Crippen LogP contribution in [0.15, 0.2) is 23.1 Å². The molecule has 1 aliphatic heterocycles. The largest absolute Gasteiger partial charge is 0.310 e. The van der Waals surface area contributed by atoms with Gasteiger partial charge in [0, 0.05) is 18.1 Å². The Balaban J connectivity index is 2.16. The lowest BCUT2D eigenvalue weighted by atomic mass is 9.96. The fraction of sp³-hybridized carbons (Fsp3) is 0.538. The van der Waals surface area contributed by atoms with Gasteiger partial charge in [-0.2, -0.15) is 0 Å². The molecule has 1 heterocycles. The van der Waals surface area contributed by atoms with Gasteiger partial charge in [-0.15, -0.1) is 0 Å². The summed E-state index contributed by atoms with van der Waals surface area (Å²) in [6.07, 6.45) is 1.56. The molecule has 1 aromatic rings. The van der Waals surface area contributed by atoms with Crippen LogP contribution in [0.5, 0.6) is 0 Å². The molecule has 1 fully saturated rings. The average Bonchev–Trinajstić information content (AvgIpc) is 2.36. The number of halogens is 2. The predicted molar refractivity (Wildman–Crippen MR) is 71.8 cm³/mol. The number of hydrogen-bond acceptors (Lipinski definition) is 3. The molecule has 7 heteroatoms. The minimum atomic E-state index is -3.85. The topological polar surface area (TPSA) is 58.2 Å². The van der Waals surface area contributed by atoms with E-state index in [9.17, 15) is 17.2 Å². The van der Waals surface area contributed by atoms with Crippen molar-refractivity contribution in [3.63, 3.8) is 0 Å². The fourth-order valence-corrected chi connectivity index (χ4v) is 3.76. The summed E-state index contributed by atoms with van der Waals surface area (Å²) in [6, 6.07) is 2.64. The maximum Gasteiger partial charge on any atom is 0.240 e. The lowest BCUT2D eigenvalue weighted by molar-refractivity contribution is 0.297. The molecule has 3 unspecified atom stereocenters. The molecule has 1 aromatic carbocycles. The van der Waals surface area contributed by atoms with Crippen LogP contribution in [-0.2, 0) is 10.0 Å². The Bertz CT molecular complexity index is 592. The van der Waals surface area contributed by atoms with E-state index < -0.39 is 21.7 Å². The van der Waals surface area contributed by atoms with Crippen LogP contribution in [-0.4, -0.2) is 26.5 Å². The SMILES string of the molecule is CC1CCC(NS(=O)(=O)c2ccc(F)c(F)c2)C(C)N1. The van der Waals surface area contributed by atoms with Crippen molar-refractivity contribution in [2.75, 3.05) is 0 Å². The number of benzene rings is 1. The third-order valence-corrected chi connectivity index (χ3v) is 5.06. The Kier molecular flexibility index (Phi) is 4.41. The zero-order valence-corrected chi connectivity index (χ0v) is 12.2. The Morgan fingerprint density at radius 1 is 1.20 bits per heavy atom. The molecule has 2 N–H and O–H groups in total. The summed E-state index contributed by atoms with van der Waals surface area (Å²) in [5.41, 5.74) is 0. The molecule has 0 spiro atoms. The first-order valence-electron chi connectivity index (χ1n) is 6.53. The normalized spacial score (nSPS) is 27.5. The van der Waals surface area contributed by atoms with Gasteiger partial charge in [-0.05, 0) is 44.9 Å². The number of piperidine rings is 1. The minimum absolute atomic E-state index is 0.0150. The Morgan fingerprint density at radius 2 is 1.90 bits per heavy atom. The zero-order chi connectivity index (χ0) is 14.9. The molecule has 0 aromatic heterocycles. The molecular formula is C13H18F2N2O2S. The van der Waals surface area contributed by atoms with Gasteiger partial charge in [0.2, 0.25) is 10.0 Å². The highest BCUT2D eigenvalue weighted by molar-refractivity contribution is 7.89. The van der Waals surface area contributed by atoms with E-state index in [-0.39, 0.29) is 17.0 Å². The van der Waals surface area contributed by atoms with Crippen LogP contribution in [0.3, 0.4) is 0 Å². The Morgan fingerprint density at radius 3 is 2.50 bits per heavy atom. The monoisotopic (exact) mass is 304 g/mol. The molecule has 0 saturated carbocycles. The van der Waals surface area contributed by atoms with E-state index in [2.05, 4.69) is 10.0 Å². The molecule has 2 rings (SSSR count). The fourth-order valence-electron chi connectivity index (χ4n) is 2.40. The van der Waals surface area contributed by atoms with E-state index in [0.29, 0.717) is 18.5 Å². The second kappa shape index (κ2) is 5.75. The molecule has 0 amide bonds. The number of nitrogens with one attached hydrogen (secondary N) is 2. The standard InChI is InChI=1S/C13H18F2N2O2S/c1-8-3-6-13(9(2)16-8)17-20(18,19)10-4-5-11(14)12(15)7-10/h4-5,7-9,13,16-17H,3,6H2,1-2H3. The molecule has 1 saturated heterocycles. The molecule has 4 nitrogen and oxygen atoms in total. The molecule has 0 bridgehead atoms. The van der Waals surface area contributed by atoms with Crippen LogP contribution >= 0.6 is 0 Å². The highest BCUT2D eigenvalue weighted by Crippen LogP contribution is 2.18. The van der Waals surface area contributed by atoms with E-state index in [1.807, 2.05) is 13.8 Å². The third-order valence-electron chi connectivity index (χ3n) is 3.57. The van der Waals surface area contributed by atoms with Crippen LogP contribution in [0, 0.1) is 11.6 Å². The molecule has 112 valence electrons. The number of hydrogen-bond donors (Lipinski definition) is 2. The van der Waals surface area contributed by atoms with Gasteiger partial charge in [0.1, 0.15) is 0 Å². The molecular weight excluding hydrogens is 286 g/mol. The van der Waals surface area contributed by atoms with Crippen LogP contribution in [0.2, 0.25) is 0 Å². The first-order valence-corrected chi connectivity index (χ1v) is 8.01. The molecule has 20 heavy (non-hydrogen) atoms. The van der Waals surface area contributed by atoms with Gasteiger partial charge in [0.25, 0.3) is 0 Å². The number of sulfonamides is 1. The second-order valence-electron chi connectivity index (χ2n) is 5.24. The van der Waals surface area contributed by atoms with Crippen LogP contribution < -0.4 is 10.0 Å². The summed E-state index contributed by atoms with van der Waals surface area (Å²) in [6.45, 7) is 3.94. The lowest BCUT2D eigenvalue weighted by Crippen LogP contribution is -2.54. The molecule has 3 atom stereocenters. The summed E-state index contributed by atoms with van der Waals surface area (Å²) in [5, 5.41) is 3.26. The molecule has 0 aliphatic carbocycles. The summed E-state index contributed by atoms with van der Waals surface area (Å²) < 4.78 is 52.9. The average molecular weight is 304 g/mol. The van der Waals surface area contributed by atoms with Crippen LogP contribution in [0.1, 0.15) is 26.7 Å². The second-order valence-corrected chi connectivity index (χ2v) is 6.95. The summed E-state index contributed by atoms with van der Waals surface area (Å²) in [4.78, 5) is -0.262. The van der Waals surface area contributed by atoms with Crippen molar-refractivity contribution in [1.29, 1.82) is 0 Å². The van der Waals surface area contributed by atoms with Crippen molar-refractivity contribution in [1.82, 2.24) is 10.0 Å². The van der Waals surface area contributed by atoms with Crippen molar-refractivity contribution >= 4 is 10.0 Å². The Labute approximate surface area is 117 Å². The van der Waals surface area contributed by atoms with Crippen molar-refractivity contribution in [3.8, 4) is 0 Å². The van der Waals surface area contributed by atoms with Gasteiger partial charge in [-0.25, -0.2) is 21.9 Å². The lowest BCUT2D eigenvalue weighted by Gasteiger charge is -2.34. The van der Waals surface area contributed by atoms with Gasteiger partial charge in [0.15, 0.2) is 11.6 Å². The number of rotatable bonds is 3. The maximum absolute atomic E-state index is 13.1. The van der Waals surface area contributed by atoms with Crippen molar-refractivity contribution in [2.45, 2.75) is 49.7 Å². The quantitative estimate of drug-likeness (QED) is 0.895. The van der Waals surface area contributed by atoms with E-state index in [4.69, 9.17) is 0 Å². The summed E-state index contributed by atoms with van der Waals surface area (Å²) in [5.74, 6) is -2.23. The van der Waals surface area contributed by atoms with Crippen LogP contribution in [0.4, 0.5) is 8.78 Å². The maximum atomic E-state index is 13.1. The molecule has 0 radical (unpaired) electrons. The van der Waals surface area contributed by atoms with Crippen LogP contribution in [0.25, 0.3) is 0 Å². The highest BCUT2D eigenvalue weighted by Gasteiger charge is 2.29. The van der Waals surface area contributed by atoms with E-state index in [1.165, 1.54) is 0 Å². The van der Waals surface area contributed by atoms with Crippen molar-refractivity contribution in [3.05, 3.63) is 29.8 Å². The smallest absolute Gasteiger partial charge is 0.240 e.